The van der Waals surface area contributed by atoms with Crippen LogP contribution in [0, 0.1) is 15.9 Å². The molecule has 1 aromatic carbocycles. The van der Waals surface area contributed by atoms with Crippen LogP contribution in [0.1, 0.15) is 27.2 Å². The van der Waals surface area contributed by atoms with Gasteiger partial charge in [0.1, 0.15) is 23.3 Å². The van der Waals surface area contributed by atoms with Crippen LogP contribution in [0.2, 0.25) is 0 Å². The van der Waals surface area contributed by atoms with E-state index in [-0.39, 0.29) is 18.7 Å². The highest BCUT2D eigenvalue weighted by Gasteiger charge is 2.41. The van der Waals surface area contributed by atoms with Crippen LogP contribution in [0.4, 0.5) is 14.9 Å². The number of nitrogens with zero attached hydrogens (tertiary/aromatic N) is 2. The highest BCUT2D eigenvalue weighted by Crippen LogP contribution is 2.29. The third-order valence-electron chi connectivity index (χ3n) is 3.92. The third kappa shape index (κ3) is 6.82. The monoisotopic (exact) mass is 434 g/mol. The average molecular weight is 434 g/mol. The lowest BCUT2D eigenvalue weighted by Gasteiger charge is -2.30. The molecule has 29 heavy (non-hydrogen) atoms. The molecule has 0 N–H and O–H groups in total. The standard InChI is InChI=1S/C17H23FN2O8S/c1-17(2,3)28-16(21)19-6-5-15(14(19)10-26-29(4,24)25)27-13-8-11(18)7-12(9-13)20(22)23/h7-9,14-15H,5-6,10H2,1-4H3/t14-,15-/m0/s1. The maximum Gasteiger partial charge on any atom is 0.410 e. The molecule has 1 saturated heterocycles. The molecule has 1 amide bonds. The Kier molecular flexibility index (Phi) is 6.68. The van der Waals surface area contributed by atoms with E-state index >= 15 is 0 Å². The summed E-state index contributed by atoms with van der Waals surface area (Å²) < 4.78 is 52.3. The van der Waals surface area contributed by atoms with E-state index in [2.05, 4.69) is 0 Å². The van der Waals surface area contributed by atoms with Crippen molar-refractivity contribution in [3.63, 3.8) is 0 Å². The van der Waals surface area contributed by atoms with Crippen molar-refractivity contribution in [2.24, 2.45) is 0 Å². The number of carbonyl (C=O) groups excluding carboxylic acids is 1. The topological polar surface area (TPSA) is 125 Å². The Morgan fingerprint density at radius 2 is 2.00 bits per heavy atom. The largest absolute Gasteiger partial charge is 0.488 e. The van der Waals surface area contributed by atoms with Gasteiger partial charge in [-0.25, -0.2) is 9.18 Å². The van der Waals surface area contributed by atoms with Gasteiger partial charge in [-0.2, -0.15) is 8.42 Å². The molecule has 1 aromatic rings. The number of amides is 1. The fraction of sp³-hybridized carbons (Fsp3) is 0.588. The number of rotatable bonds is 6. The molecule has 10 nitrogen and oxygen atoms in total. The van der Waals surface area contributed by atoms with Crippen molar-refractivity contribution in [1.82, 2.24) is 4.90 Å². The summed E-state index contributed by atoms with van der Waals surface area (Å²) in [5.41, 5.74) is -1.27. The minimum absolute atomic E-state index is 0.114. The quantitative estimate of drug-likeness (QED) is 0.380. The summed E-state index contributed by atoms with van der Waals surface area (Å²) in [7, 11) is -3.80. The van der Waals surface area contributed by atoms with Crippen molar-refractivity contribution >= 4 is 21.9 Å². The van der Waals surface area contributed by atoms with Gasteiger partial charge in [0.25, 0.3) is 15.8 Å². The van der Waals surface area contributed by atoms with Crippen LogP contribution < -0.4 is 4.74 Å². The molecule has 2 atom stereocenters. The van der Waals surface area contributed by atoms with Gasteiger partial charge in [-0.15, -0.1) is 0 Å². The zero-order valence-electron chi connectivity index (χ0n) is 16.5. The number of hydrogen-bond donors (Lipinski definition) is 0. The average Bonchev–Trinajstić information content (AvgIpc) is 2.92. The van der Waals surface area contributed by atoms with Crippen molar-refractivity contribution in [1.29, 1.82) is 0 Å². The highest BCUT2D eigenvalue weighted by atomic mass is 32.2. The second kappa shape index (κ2) is 8.49. The van der Waals surface area contributed by atoms with Gasteiger partial charge in [0.05, 0.1) is 36.0 Å². The molecular formula is C17H23FN2O8S. The van der Waals surface area contributed by atoms with Gasteiger partial charge in [0, 0.05) is 19.0 Å². The predicted molar refractivity (Wildman–Crippen MR) is 99.6 cm³/mol. The van der Waals surface area contributed by atoms with Crippen LogP contribution in [0.15, 0.2) is 18.2 Å². The molecule has 0 radical (unpaired) electrons. The molecule has 12 heteroatoms. The zero-order chi connectivity index (χ0) is 22.0. The summed E-state index contributed by atoms with van der Waals surface area (Å²) in [6, 6.07) is 1.91. The van der Waals surface area contributed by atoms with E-state index in [0.717, 1.165) is 24.5 Å². The number of likely N-dealkylation sites (tertiary alicyclic amines) is 1. The first-order chi connectivity index (χ1) is 13.2. The smallest absolute Gasteiger partial charge is 0.410 e. The SMILES string of the molecule is CC(C)(C)OC(=O)N1CC[C@H](Oc2cc(F)cc([N+](=O)[O-])c2)[C@@H]1COS(C)(=O)=O. The molecule has 0 unspecified atom stereocenters. The minimum Gasteiger partial charge on any atom is -0.488 e. The van der Waals surface area contributed by atoms with Crippen LogP contribution in [-0.4, -0.2) is 61.5 Å². The Morgan fingerprint density at radius 1 is 1.34 bits per heavy atom. The van der Waals surface area contributed by atoms with Gasteiger partial charge in [0.15, 0.2) is 0 Å². The number of non-ortho nitro benzene ring substituents is 1. The molecule has 2 rings (SSSR count). The van der Waals surface area contributed by atoms with Crippen LogP contribution in [0.5, 0.6) is 5.75 Å². The maximum absolute atomic E-state index is 13.7. The molecule has 0 bridgehead atoms. The molecule has 0 spiro atoms. The Hall–Kier alpha value is -2.47. The summed E-state index contributed by atoms with van der Waals surface area (Å²) in [4.78, 5) is 23.9. The van der Waals surface area contributed by atoms with Crippen LogP contribution in [0.25, 0.3) is 0 Å². The summed E-state index contributed by atoms with van der Waals surface area (Å²) >= 11 is 0. The number of benzene rings is 1. The van der Waals surface area contributed by atoms with E-state index in [9.17, 15) is 27.7 Å². The number of halogens is 1. The Balaban J connectivity index is 2.25. The fourth-order valence-electron chi connectivity index (χ4n) is 2.80. The van der Waals surface area contributed by atoms with E-state index in [1.807, 2.05) is 0 Å². The van der Waals surface area contributed by atoms with E-state index < -0.39 is 57.0 Å². The van der Waals surface area contributed by atoms with E-state index in [1.54, 1.807) is 20.8 Å². The van der Waals surface area contributed by atoms with Crippen molar-refractivity contribution in [3.8, 4) is 5.75 Å². The van der Waals surface area contributed by atoms with Crippen molar-refractivity contribution in [3.05, 3.63) is 34.1 Å². The second-order valence-electron chi connectivity index (χ2n) is 7.58. The highest BCUT2D eigenvalue weighted by molar-refractivity contribution is 7.85. The first kappa shape index (κ1) is 22.8. The summed E-state index contributed by atoms with van der Waals surface area (Å²) in [6.07, 6.45) is -0.339. The molecule has 1 aliphatic rings. The normalized spacial score (nSPS) is 19.8. The van der Waals surface area contributed by atoms with E-state index in [0.29, 0.717) is 0 Å². The van der Waals surface area contributed by atoms with Crippen molar-refractivity contribution in [2.75, 3.05) is 19.4 Å². The lowest BCUT2D eigenvalue weighted by Crippen LogP contribution is -2.46. The first-order valence-electron chi connectivity index (χ1n) is 8.71. The summed E-state index contributed by atoms with van der Waals surface area (Å²) in [5.74, 6) is -0.975. The molecule has 0 aliphatic carbocycles. The van der Waals surface area contributed by atoms with Crippen molar-refractivity contribution < 1.29 is 36.2 Å². The second-order valence-corrected chi connectivity index (χ2v) is 9.22. The van der Waals surface area contributed by atoms with E-state index in [1.165, 1.54) is 4.90 Å². The predicted octanol–water partition coefficient (Wildman–Crippen LogP) is 2.47. The molecule has 0 aromatic heterocycles. The fourth-order valence-corrected chi connectivity index (χ4v) is 3.18. The van der Waals surface area contributed by atoms with Gasteiger partial charge in [-0.3, -0.25) is 19.2 Å². The number of hydrogen-bond acceptors (Lipinski definition) is 8. The number of carbonyl (C=O) groups is 1. The van der Waals surface area contributed by atoms with Crippen LogP contribution in [-0.2, 0) is 19.0 Å². The Labute approximate surface area is 167 Å². The number of ether oxygens (including phenoxy) is 2. The minimum atomic E-state index is -3.80. The van der Waals surface area contributed by atoms with Gasteiger partial charge < -0.3 is 9.47 Å². The first-order valence-corrected chi connectivity index (χ1v) is 10.5. The van der Waals surface area contributed by atoms with Crippen LogP contribution >= 0.6 is 0 Å². The molecule has 1 fully saturated rings. The van der Waals surface area contributed by atoms with Crippen molar-refractivity contribution in [2.45, 2.75) is 44.9 Å². The molecule has 1 aliphatic heterocycles. The van der Waals surface area contributed by atoms with Gasteiger partial charge in [-0.05, 0) is 20.8 Å². The van der Waals surface area contributed by atoms with E-state index in [4.69, 9.17) is 13.7 Å². The summed E-state index contributed by atoms with van der Waals surface area (Å²) in [6.45, 7) is 4.82. The lowest BCUT2D eigenvalue weighted by molar-refractivity contribution is -0.385. The molecule has 1 heterocycles. The third-order valence-corrected chi connectivity index (χ3v) is 4.48. The molecule has 0 saturated carbocycles. The van der Waals surface area contributed by atoms with Crippen LogP contribution in [0.3, 0.4) is 0 Å². The maximum atomic E-state index is 13.7. The Bertz CT molecular complexity index is 884. The van der Waals surface area contributed by atoms with Gasteiger partial charge in [0.2, 0.25) is 0 Å². The lowest BCUT2D eigenvalue weighted by atomic mass is 10.1. The zero-order valence-corrected chi connectivity index (χ0v) is 17.3. The van der Waals surface area contributed by atoms with Gasteiger partial charge >= 0.3 is 6.09 Å². The van der Waals surface area contributed by atoms with Gasteiger partial charge in [-0.1, -0.05) is 0 Å². The number of nitro groups is 1. The molecule has 162 valence electrons. The molecular weight excluding hydrogens is 411 g/mol. The Morgan fingerprint density at radius 3 is 2.55 bits per heavy atom. The number of nitro benzene ring substituents is 1. The summed E-state index contributed by atoms with van der Waals surface area (Å²) in [5, 5.41) is 10.9.